The van der Waals surface area contributed by atoms with Crippen LogP contribution in [0.1, 0.15) is 46.5 Å². The van der Waals surface area contributed by atoms with Gasteiger partial charge in [-0.05, 0) is 19.8 Å². The Hall–Kier alpha value is -0.860. The van der Waals surface area contributed by atoms with E-state index in [1.807, 2.05) is 6.92 Å². The van der Waals surface area contributed by atoms with Crippen molar-refractivity contribution in [2.75, 3.05) is 6.61 Å². The molecule has 1 atom stereocenters. The molecule has 0 saturated carbocycles. The number of carbonyl (C=O) groups excluding carboxylic acids is 2. The Morgan fingerprint density at radius 1 is 1.29 bits per heavy atom. The number of esters is 1. The molecule has 0 rings (SSSR count). The van der Waals surface area contributed by atoms with Gasteiger partial charge in [0.2, 0.25) is 0 Å². The normalized spacial score (nSPS) is 12.2. The van der Waals surface area contributed by atoms with E-state index in [9.17, 15) is 9.59 Å². The fourth-order valence-corrected chi connectivity index (χ4v) is 1.23. The fourth-order valence-electron chi connectivity index (χ4n) is 1.23. The van der Waals surface area contributed by atoms with Crippen LogP contribution in [0.4, 0.5) is 0 Å². The lowest BCUT2D eigenvalue weighted by atomic mass is 10.00. The van der Waals surface area contributed by atoms with Crippen molar-refractivity contribution in [1.29, 1.82) is 0 Å². The van der Waals surface area contributed by atoms with Crippen LogP contribution in [-0.2, 0) is 14.3 Å². The van der Waals surface area contributed by atoms with Crippen LogP contribution < -0.4 is 0 Å². The summed E-state index contributed by atoms with van der Waals surface area (Å²) in [7, 11) is 0. The third-order valence-corrected chi connectivity index (χ3v) is 2.15. The summed E-state index contributed by atoms with van der Waals surface area (Å²) in [5.74, 6) is -0.367. The van der Waals surface area contributed by atoms with Gasteiger partial charge in [0.05, 0.1) is 5.92 Å². The van der Waals surface area contributed by atoms with Crippen molar-refractivity contribution in [2.24, 2.45) is 5.92 Å². The second kappa shape index (κ2) is 7.54. The molecule has 0 aromatic rings. The van der Waals surface area contributed by atoms with Crippen LogP contribution in [0.5, 0.6) is 0 Å². The highest BCUT2D eigenvalue weighted by Crippen LogP contribution is 2.14. The van der Waals surface area contributed by atoms with Crippen LogP contribution >= 0.6 is 0 Å². The van der Waals surface area contributed by atoms with Crippen LogP contribution in [0.25, 0.3) is 0 Å². The van der Waals surface area contributed by atoms with Crippen molar-refractivity contribution in [1.82, 2.24) is 0 Å². The van der Waals surface area contributed by atoms with Crippen LogP contribution in [0.3, 0.4) is 0 Å². The first-order chi connectivity index (χ1) is 6.61. The molecule has 3 heteroatoms. The molecule has 82 valence electrons. The van der Waals surface area contributed by atoms with E-state index in [4.69, 9.17) is 4.74 Å². The fraction of sp³-hybridized carbons (Fsp3) is 0.818. The van der Waals surface area contributed by atoms with Gasteiger partial charge in [0.1, 0.15) is 6.61 Å². The highest BCUT2D eigenvalue weighted by atomic mass is 16.5. The molecule has 0 aliphatic heterocycles. The summed E-state index contributed by atoms with van der Waals surface area (Å²) in [5.41, 5.74) is 0. The topological polar surface area (TPSA) is 43.4 Å². The molecule has 0 amide bonds. The Morgan fingerprint density at radius 2 is 1.93 bits per heavy atom. The van der Waals surface area contributed by atoms with Gasteiger partial charge in [0.15, 0.2) is 5.78 Å². The Labute approximate surface area is 85.8 Å². The molecule has 14 heavy (non-hydrogen) atoms. The number of rotatable bonds is 7. The first-order valence-corrected chi connectivity index (χ1v) is 5.27. The standard InChI is InChI=1S/C11H20O3/c1-4-6-7-10(5-2)11(13)14-8-9(3)12/h10H,4-8H2,1-3H3. The molecular weight excluding hydrogens is 180 g/mol. The number of unbranched alkanes of at least 4 members (excludes halogenated alkanes) is 1. The Bertz CT molecular complexity index is 187. The zero-order valence-electron chi connectivity index (χ0n) is 9.34. The maximum absolute atomic E-state index is 11.4. The van der Waals surface area contributed by atoms with E-state index in [1.54, 1.807) is 0 Å². The molecule has 0 N–H and O–H groups in total. The van der Waals surface area contributed by atoms with Crippen molar-refractivity contribution in [2.45, 2.75) is 46.5 Å². The summed E-state index contributed by atoms with van der Waals surface area (Å²) in [5, 5.41) is 0. The van der Waals surface area contributed by atoms with Crippen molar-refractivity contribution in [3.63, 3.8) is 0 Å². The molecule has 0 aliphatic rings. The lowest BCUT2D eigenvalue weighted by molar-refractivity contribution is -0.152. The SMILES string of the molecule is CCCCC(CC)C(=O)OCC(C)=O. The van der Waals surface area contributed by atoms with Gasteiger partial charge >= 0.3 is 5.97 Å². The maximum atomic E-state index is 11.4. The van der Waals surface area contributed by atoms with E-state index in [0.717, 1.165) is 25.7 Å². The molecule has 0 radical (unpaired) electrons. The van der Waals surface area contributed by atoms with Crippen molar-refractivity contribution >= 4 is 11.8 Å². The van der Waals surface area contributed by atoms with Crippen molar-refractivity contribution in [3.8, 4) is 0 Å². The van der Waals surface area contributed by atoms with E-state index >= 15 is 0 Å². The van der Waals surface area contributed by atoms with Gasteiger partial charge in [-0.25, -0.2) is 0 Å². The zero-order valence-corrected chi connectivity index (χ0v) is 9.34. The van der Waals surface area contributed by atoms with Crippen LogP contribution in [0.2, 0.25) is 0 Å². The van der Waals surface area contributed by atoms with Gasteiger partial charge in [0.25, 0.3) is 0 Å². The number of ether oxygens (including phenoxy) is 1. The number of carbonyl (C=O) groups is 2. The van der Waals surface area contributed by atoms with E-state index < -0.39 is 0 Å². The average Bonchev–Trinajstić information content (AvgIpc) is 2.16. The summed E-state index contributed by atoms with van der Waals surface area (Å²) < 4.78 is 4.87. The number of ketones is 1. The Kier molecular flexibility index (Phi) is 7.07. The molecule has 0 bridgehead atoms. The van der Waals surface area contributed by atoms with Gasteiger partial charge in [-0.1, -0.05) is 26.7 Å². The van der Waals surface area contributed by atoms with Gasteiger partial charge in [-0.15, -0.1) is 0 Å². The number of hydrogen-bond donors (Lipinski definition) is 0. The summed E-state index contributed by atoms with van der Waals surface area (Å²) in [6, 6.07) is 0. The smallest absolute Gasteiger partial charge is 0.309 e. The van der Waals surface area contributed by atoms with Gasteiger partial charge in [-0.2, -0.15) is 0 Å². The quantitative estimate of drug-likeness (QED) is 0.592. The summed E-state index contributed by atoms with van der Waals surface area (Å²) in [6.45, 7) is 5.39. The summed E-state index contributed by atoms with van der Waals surface area (Å²) in [4.78, 5) is 22.0. The Morgan fingerprint density at radius 3 is 2.36 bits per heavy atom. The third-order valence-electron chi connectivity index (χ3n) is 2.15. The minimum Gasteiger partial charge on any atom is -0.457 e. The Balaban J connectivity index is 3.85. The third kappa shape index (κ3) is 5.73. The lowest BCUT2D eigenvalue weighted by Gasteiger charge is -2.12. The number of hydrogen-bond acceptors (Lipinski definition) is 3. The molecule has 0 fully saturated rings. The molecule has 3 nitrogen and oxygen atoms in total. The zero-order chi connectivity index (χ0) is 11.0. The molecule has 0 spiro atoms. The van der Waals surface area contributed by atoms with Crippen LogP contribution in [0, 0.1) is 5.92 Å². The van der Waals surface area contributed by atoms with Gasteiger partial charge < -0.3 is 4.74 Å². The predicted octanol–water partition coefficient (Wildman–Crippen LogP) is 2.33. The minimum absolute atomic E-state index is 0.0331. The molecule has 0 heterocycles. The second-order valence-electron chi connectivity index (χ2n) is 3.56. The van der Waals surface area contributed by atoms with Crippen LogP contribution in [-0.4, -0.2) is 18.4 Å². The van der Waals surface area contributed by atoms with E-state index in [-0.39, 0.29) is 24.3 Å². The first kappa shape index (κ1) is 13.1. The first-order valence-electron chi connectivity index (χ1n) is 5.27. The van der Waals surface area contributed by atoms with Gasteiger partial charge in [0, 0.05) is 0 Å². The molecule has 0 aromatic heterocycles. The number of Topliss-reactive ketones (excluding diaryl/α,β-unsaturated/α-hetero) is 1. The molecule has 0 aromatic carbocycles. The highest BCUT2D eigenvalue weighted by Gasteiger charge is 2.17. The average molecular weight is 200 g/mol. The molecule has 0 aliphatic carbocycles. The lowest BCUT2D eigenvalue weighted by Crippen LogP contribution is -2.20. The van der Waals surface area contributed by atoms with E-state index in [0.29, 0.717) is 0 Å². The largest absolute Gasteiger partial charge is 0.457 e. The van der Waals surface area contributed by atoms with Gasteiger partial charge in [-0.3, -0.25) is 9.59 Å². The minimum atomic E-state index is -0.226. The van der Waals surface area contributed by atoms with E-state index in [2.05, 4.69) is 6.92 Å². The molecule has 0 saturated heterocycles. The van der Waals surface area contributed by atoms with Crippen LogP contribution in [0.15, 0.2) is 0 Å². The second-order valence-corrected chi connectivity index (χ2v) is 3.56. The molecular formula is C11H20O3. The molecule has 1 unspecified atom stereocenters. The summed E-state index contributed by atoms with van der Waals surface area (Å²) in [6.07, 6.45) is 3.77. The monoisotopic (exact) mass is 200 g/mol. The van der Waals surface area contributed by atoms with Crippen molar-refractivity contribution < 1.29 is 14.3 Å². The summed E-state index contributed by atoms with van der Waals surface area (Å²) >= 11 is 0. The predicted molar refractivity (Wildman–Crippen MR) is 54.9 cm³/mol. The van der Waals surface area contributed by atoms with Crippen molar-refractivity contribution in [3.05, 3.63) is 0 Å². The maximum Gasteiger partial charge on any atom is 0.309 e. The van der Waals surface area contributed by atoms with E-state index in [1.165, 1.54) is 6.92 Å². The highest BCUT2D eigenvalue weighted by molar-refractivity contribution is 5.80.